The van der Waals surface area contributed by atoms with E-state index in [4.69, 9.17) is 9.47 Å². The molecule has 2 rings (SSSR count). The molecule has 2 aromatic carbocycles. The van der Waals surface area contributed by atoms with Gasteiger partial charge in [-0.3, -0.25) is 0 Å². The highest BCUT2D eigenvalue weighted by Crippen LogP contribution is 2.11. The summed E-state index contributed by atoms with van der Waals surface area (Å²) >= 11 is 0. The lowest BCUT2D eigenvalue weighted by atomic mass is 10.2. The molecule has 5 heteroatoms. The molecule has 1 amide bonds. The van der Waals surface area contributed by atoms with E-state index in [1.54, 1.807) is 36.4 Å². The molecule has 0 atom stereocenters. The second-order valence-corrected chi connectivity index (χ2v) is 4.34. The van der Waals surface area contributed by atoms with Crippen LogP contribution in [-0.2, 0) is 4.79 Å². The van der Waals surface area contributed by atoms with E-state index in [1.165, 1.54) is 0 Å². The summed E-state index contributed by atoms with van der Waals surface area (Å²) in [5.41, 5.74) is 1.07. The average molecular weight is 285 g/mol. The Morgan fingerprint density at radius 1 is 0.905 bits per heavy atom. The van der Waals surface area contributed by atoms with E-state index in [1.807, 2.05) is 25.1 Å². The number of esters is 1. The number of rotatable bonds is 4. The van der Waals surface area contributed by atoms with Gasteiger partial charge in [0, 0.05) is 0 Å². The van der Waals surface area contributed by atoms with Crippen molar-refractivity contribution in [2.45, 2.75) is 6.92 Å². The Morgan fingerprint density at radius 2 is 1.52 bits per heavy atom. The van der Waals surface area contributed by atoms with Gasteiger partial charge in [0.2, 0.25) is 0 Å². The van der Waals surface area contributed by atoms with Gasteiger partial charge in [-0.1, -0.05) is 35.9 Å². The van der Waals surface area contributed by atoms with Crippen LogP contribution in [-0.4, -0.2) is 18.6 Å². The van der Waals surface area contributed by atoms with Crippen LogP contribution >= 0.6 is 0 Å². The number of para-hydroxylation sites is 1. The van der Waals surface area contributed by atoms with E-state index in [9.17, 15) is 9.59 Å². The molecule has 21 heavy (non-hydrogen) atoms. The molecule has 0 aromatic heterocycles. The monoisotopic (exact) mass is 285 g/mol. The maximum absolute atomic E-state index is 11.6. The SMILES string of the molecule is Cc1ccc(OC(=O)CNC(=O)Oc2ccccc2)cc1. The third kappa shape index (κ3) is 4.99. The molecule has 0 bridgehead atoms. The van der Waals surface area contributed by atoms with Crippen LogP contribution in [0.15, 0.2) is 54.6 Å². The summed E-state index contributed by atoms with van der Waals surface area (Å²) < 4.78 is 10.0. The van der Waals surface area contributed by atoms with Crippen LogP contribution in [0.1, 0.15) is 5.56 Å². The number of ether oxygens (including phenoxy) is 2. The van der Waals surface area contributed by atoms with Crippen LogP contribution in [0.5, 0.6) is 11.5 Å². The Balaban J connectivity index is 1.76. The fraction of sp³-hybridized carbons (Fsp3) is 0.125. The summed E-state index contributed by atoms with van der Waals surface area (Å²) in [4.78, 5) is 23.0. The van der Waals surface area contributed by atoms with Crippen LogP contribution in [0, 0.1) is 6.92 Å². The Morgan fingerprint density at radius 3 is 2.19 bits per heavy atom. The molecular formula is C16H15NO4. The molecule has 108 valence electrons. The van der Waals surface area contributed by atoms with Crippen LogP contribution in [0.4, 0.5) is 4.79 Å². The quantitative estimate of drug-likeness (QED) is 0.693. The first kappa shape index (κ1) is 14.6. The molecule has 0 saturated carbocycles. The predicted molar refractivity (Wildman–Crippen MR) is 77.3 cm³/mol. The molecule has 5 nitrogen and oxygen atoms in total. The summed E-state index contributed by atoms with van der Waals surface area (Å²) in [5, 5.41) is 2.33. The lowest BCUT2D eigenvalue weighted by molar-refractivity contribution is -0.133. The van der Waals surface area contributed by atoms with Crippen molar-refractivity contribution in [3.8, 4) is 11.5 Å². The van der Waals surface area contributed by atoms with Crippen molar-refractivity contribution in [1.82, 2.24) is 5.32 Å². The van der Waals surface area contributed by atoms with Gasteiger partial charge >= 0.3 is 12.1 Å². The second kappa shape index (κ2) is 7.09. The normalized spacial score (nSPS) is 9.76. The number of benzene rings is 2. The van der Waals surface area contributed by atoms with E-state index >= 15 is 0 Å². The summed E-state index contributed by atoms with van der Waals surface area (Å²) in [5.74, 6) is 0.273. The first-order valence-corrected chi connectivity index (χ1v) is 6.41. The van der Waals surface area contributed by atoms with Gasteiger partial charge in [-0.05, 0) is 31.2 Å². The highest BCUT2D eigenvalue weighted by Gasteiger charge is 2.09. The van der Waals surface area contributed by atoms with Crippen molar-refractivity contribution in [3.63, 3.8) is 0 Å². The maximum atomic E-state index is 11.6. The van der Waals surface area contributed by atoms with Crippen molar-refractivity contribution in [2.24, 2.45) is 0 Å². The van der Waals surface area contributed by atoms with Crippen molar-refractivity contribution in [1.29, 1.82) is 0 Å². The summed E-state index contributed by atoms with van der Waals surface area (Å²) in [6, 6.07) is 15.6. The second-order valence-electron chi connectivity index (χ2n) is 4.34. The van der Waals surface area contributed by atoms with Gasteiger partial charge in [-0.2, -0.15) is 0 Å². The van der Waals surface area contributed by atoms with Crippen molar-refractivity contribution >= 4 is 12.1 Å². The first-order chi connectivity index (χ1) is 10.1. The molecule has 0 unspecified atom stereocenters. The molecule has 0 heterocycles. The number of hydrogen-bond donors (Lipinski definition) is 1. The van der Waals surface area contributed by atoms with Crippen molar-refractivity contribution in [3.05, 3.63) is 60.2 Å². The van der Waals surface area contributed by atoms with Crippen LogP contribution in [0.25, 0.3) is 0 Å². The molecule has 0 radical (unpaired) electrons. The lowest BCUT2D eigenvalue weighted by Gasteiger charge is -2.07. The summed E-state index contributed by atoms with van der Waals surface area (Å²) in [6.45, 7) is 1.67. The van der Waals surface area contributed by atoms with Gasteiger partial charge in [0.25, 0.3) is 0 Å². The topological polar surface area (TPSA) is 64.6 Å². The Labute approximate surface area is 122 Å². The van der Waals surface area contributed by atoms with Crippen LogP contribution < -0.4 is 14.8 Å². The Hall–Kier alpha value is -2.82. The maximum Gasteiger partial charge on any atom is 0.413 e. The molecule has 0 aliphatic carbocycles. The molecular weight excluding hydrogens is 270 g/mol. The van der Waals surface area contributed by atoms with E-state index in [-0.39, 0.29) is 6.54 Å². The Kier molecular flexibility index (Phi) is 4.93. The molecule has 0 aliphatic heterocycles. The molecule has 0 saturated heterocycles. The third-order valence-electron chi connectivity index (χ3n) is 2.58. The first-order valence-electron chi connectivity index (χ1n) is 6.41. The molecule has 2 aromatic rings. The van der Waals surface area contributed by atoms with Gasteiger partial charge < -0.3 is 14.8 Å². The van der Waals surface area contributed by atoms with Gasteiger partial charge in [0.15, 0.2) is 0 Å². The molecule has 1 N–H and O–H groups in total. The largest absolute Gasteiger partial charge is 0.425 e. The fourth-order valence-electron chi connectivity index (χ4n) is 1.55. The van der Waals surface area contributed by atoms with E-state index in [0.717, 1.165) is 5.56 Å². The third-order valence-corrected chi connectivity index (χ3v) is 2.58. The van der Waals surface area contributed by atoms with Crippen LogP contribution in [0.2, 0.25) is 0 Å². The van der Waals surface area contributed by atoms with Crippen LogP contribution in [0.3, 0.4) is 0 Å². The van der Waals surface area contributed by atoms with Gasteiger partial charge in [-0.15, -0.1) is 0 Å². The van der Waals surface area contributed by atoms with E-state index in [2.05, 4.69) is 5.32 Å². The highest BCUT2D eigenvalue weighted by atomic mass is 16.6. The Bertz CT molecular complexity index is 608. The number of hydrogen-bond acceptors (Lipinski definition) is 4. The number of carbonyl (C=O) groups excluding carboxylic acids is 2. The molecule has 0 fully saturated rings. The lowest BCUT2D eigenvalue weighted by Crippen LogP contribution is -2.33. The molecule has 0 spiro atoms. The van der Waals surface area contributed by atoms with Crippen molar-refractivity contribution < 1.29 is 19.1 Å². The zero-order valence-electron chi connectivity index (χ0n) is 11.5. The minimum Gasteiger partial charge on any atom is -0.425 e. The number of amides is 1. The van der Waals surface area contributed by atoms with E-state index < -0.39 is 12.1 Å². The van der Waals surface area contributed by atoms with Gasteiger partial charge in [0.05, 0.1) is 0 Å². The average Bonchev–Trinajstić information content (AvgIpc) is 2.49. The number of aryl methyl sites for hydroxylation is 1. The number of carbonyl (C=O) groups is 2. The van der Waals surface area contributed by atoms with E-state index in [0.29, 0.717) is 11.5 Å². The highest BCUT2D eigenvalue weighted by molar-refractivity contribution is 5.80. The number of nitrogens with one attached hydrogen (secondary N) is 1. The minimum absolute atomic E-state index is 0.264. The predicted octanol–water partition coefficient (Wildman–Crippen LogP) is 2.69. The summed E-state index contributed by atoms with van der Waals surface area (Å²) in [6.07, 6.45) is -0.706. The fourth-order valence-corrected chi connectivity index (χ4v) is 1.55. The minimum atomic E-state index is -0.706. The summed E-state index contributed by atoms with van der Waals surface area (Å²) in [7, 11) is 0. The zero-order valence-corrected chi connectivity index (χ0v) is 11.5. The zero-order chi connectivity index (χ0) is 15.1. The smallest absolute Gasteiger partial charge is 0.413 e. The van der Waals surface area contributed by atoms with Gasteiger partial charge in [-0.25, -0.2) is 9.59 Å². The van der Waals surface area contributed by atoms with Crippen molar-refractivity contribution in [2.75, 3.05) is 6.54 Å². The standard InChI is InChI=1S/C16H15NO4/c1-12-7-9-14(10-8-12)20-15(18)11-17-16(19)21-13-5-3-2-4-6-13/h2-10H,11H2,1H3,(H,17,19). The van der Waals surface area contributed by atoms with Gasteiger partial charge in [0.1, 0.15) is 18.0 Å². The molecule has 0 aliphatic rings.